The van der Waals surface area contributed by atoms with E-state index >= 15 is 0 Å². The lowest BCUT2D eigenvalue weighted by Crippen LogP contribution is -2.01. The smallest absolute Gasteiger partial charge is 0.337 e. The number of nitrogen functional groups attached to an aromatic ring is 1. The minimum atomic E-state index is -0.977. The van der Waals surface area contributed by atoms with E-state index in [2.05, 4.69) is 6.92 Å². The van der Waals surface area contributed by atoms with E-state index in [1.165, 1.54) is 0 Å². The maximum Gasteiger partial charge on any atom is 0.337 e. The van der Waals surface area contributed by atoms with E-state index in [0.29, 0.717) is 5.69 Å². The van der Waals surface area contributed by atoms with Crippen molar-refractivity contribution in [1.29, 1.82) is 0 Å². The van der Waals surface area contributed by atoms with Gasteiger partial charge in [0.15, 0.2) is 0 Å². The number of carboxylic acids is 1. The van der Waals surface area contributed by atoms with Crippen LogP contribution in [0.2, 0.25) is 0 Å². The number of thioether (sulfide) groups is 1. The molecule has 0 fully saturated rings. The Balaban J connectivity index is 2.83. The van der Waals surface area contributed by atoms with E-state index in [4.69, 9.17) is 10.8 Å². The van der Waals surface area contributed by atoms with Crippen LogP contribution in [0, 0.1) is 0 Å². The molecule has 1 aromatic carbocycles. The van der Waals surface area contributed by atoms with Gasteiger partial charge in [0.25, 0.3) is 0 Å². The standard InChI is InChI=1S/C10H13NO2S/c1-2-5-14-7-3-4-8(10(12)13)9(11)6-7/h3-4,6H,2,5,11H2,1H3,(H,12,13). The van der Waals surface area contributed by atoms with Gasteiger partial charge in [-0.25, -0.2) is 4.79 Å². The fourth-order valence-corrected chi connectivity index (χ4v) is 1.86. The summed E-state index contributed by atoms with van der Waals surface area (Å²) in [4.78, 5) is 11.7. The first-order valence-corrected chi connectivity index (χ1v) is 5.39. The maximum atomic E-state index is 10.7. The lowest BCUT2D eigenvalue weighted by molar-refractivity contribution is 0.0698. The van der Waals surface area contributed by atoms with Crippen LogP contribution in [-0.2, 0) is 0 Å². The van der Waals surface area contributed by atoms with Gasteiger partial charge in [0.2, 0.25) is 0 Å². The maximum absolute atomic E-state index is 10.7. The van der Waals surface area contributed by atoms with Crippen molar-refractivity contribution in [2.75, 3.05) is 11.5 Å². The lowest BCUT2D eigenvalue weighted by atomic mass is 10.2. The highest BCUT2D eigenvalue weighted by molar-refractivity contribution is 7.99. The largest absolute Gasteiger partial charge is 0.478 e. The van der Waals surface area contributed by atoms with Crippen LogP contribution in [0.3, 0.4) is 0 Å². The van der Waals surface area contributed by atoms with Crippen molar-refractivity contribution in [3.63, 3.8) is 0 Å². The summed E-state index contributed by atoms with van der Waals surface area (Å²) >= 11 is 1.68. The summed E-state index contributed by atoms with van der Waals surface area (Å²) in [7, 11) is 0. The number of carbonyl (C=O) groups is 1. The summed E-state index contributed by atoms with van der Waals surface area (Å²) in [5.74, 6) is 0.0424. The van der Waals surface area contributed by atoms with Crippen LogP contribution in [0.1, 0.15) is 23.7 Å². The average molecular weight is 211 g/mol. The van der Waals surface area contributed by atoms with E-state index in [-0.39, 0.29) is 5.56 Å². The summed E-state index contributed by atoms with van der Waals surface area (Å²) in [6.45, 7) is 2.10. The molecule has 0 saturated heterocycles. The Bertz CT molecular complexity index is 339. The fourth-order valence-electron chi connectivity index (χ4n) is 1.05. The first kappa shape index (κ1) is 10.9. The van der Waals surface area contributed by atoms with Crippen LogP contribution in [0.15, 0.2) is 23.1 Å². The van der Waals surface area contributed by atoms with Crippen molar-refractivity contribution in [3.8, 4) is 0 Å². The average Bonchev–Trinajstić information content (AvgIpc) is 2.14. The number of anilines is 1. The molecule has 0 spiro atoms. The Morgan fingerprint density at radius 1 is 1.57 bits per heavy atom. The van der Waals surface area contributed by atoms with Crippen LogP contribution in [-0.4, -0.2) is 16.8 Å². The van der Waals surface area contributed by atoms with Crippen molar-refractivity contribution in [2.45, 2.75) is 18.2 Å². The number of carboxylic acid groups (broad SMARTS) is 1. The molecule has 0 bridgehead atoms. The predicted octanol–water partition coefficient (Wildman–Crippen LogP) is 2.47. The quantitative estimate of drug-likeness (QED) is 0.593. The van der Waals surface area contributed by atoms with E-state index < -0.39 is 5.97 Å². The predicted molar refractivity (Wildman–Crippen MR) is 58.8 cm³/mol. The summed E-state index contributed by atoms with van der Waals surface area (Å²) in [5, 5.41) is 8.75. The van der Waals surface area contributed by atoms with E-state index in [1.54, 1.807) is 30.0 Å². The van der Waals surface area contributed by atoms with Gasteiger partial charge < -0.3 is 10.8 Å². The zero-order chi connectivity index (χ0) is 10.6. The number of hydrogen-bond donors (Lipinski definition) is 2. The topological polar surface area (TPSA) is 63.3 Å². The molecule has 0 radical (unpaired) electrons. The lowest BCUT2D eigenvalue weighted by Gasteiger charge is -2.04. The normalized spacial score (nSPS) is 10.1. The van der Waals surface area contributed by atoms with Crippen molar-refractivity contribution in [1.82, 2.24) is 0 Å². The highest BCUT2D eigenvalue weighted by Gasteiger charge is 2.07. The van der Waals surface area contributed by atoms with Crippen LogP contribution in [0.5, 0.6) is 0 Å². The third-order valence-corrected chi connectivity index (χ3v) is 2.93. The van der Waals surface area contributed by atoms with Gasteiger partial charge in [-0.1, -0.05) is 6.92 Å². The highest BCUT2D eigenvalue weighted by Crippen LogP contribution is 2.23. The SMILES string of the molecule is CCCSc1ccc(C(=O)O)c(N)c1. The molecule has 0 heterocycles. The third-order valence-electron chi connectivity index (χ3n) is 1.73. The van der Waals surface area contributed by atoms with E-state index in [1.807, 2.05) is 0 Å². The Morgan fingerprint density at radius 2 is 2.29 bits per heavy atom. The Morgan fingerprint density at radius 3 is 2.79 bits per heavy atom. The second-order valence-corrected chi connectivity index (χ2v) is 4.07. The van der Waals surface area contributed by atoms with E-state index in [0.717, 1.165) is 17.1 Å². The van der Waals surface area contributed by atoms with Crippen molar-refractivity contribution in [2.24, 2.45) is 0 Å². The number of hydrogen-bond acceptors (Lipinski definition) is 3. The number of benzene rings is 1. The first-order valence-electron chi connectivity index (χ1n) is 4.40. The molecule has 4 heteroatoms. The number of aromatic carboxylic acids is 1. The molecule has 14 heavy (non-hydrogen) atoms. The molecule has 0 unspecified atom stereocenters. The van der Waals surface area contributed by atoms with Crippen LogP contribution >= 0.6 is 11.8 Å². The molecule has 0 amide bonds. The monoisotopic (exact) mass is 211 g/mol. The number of rotatable bonds is 4. The summed E-state index contributed by atoms with van der Waals surface area (Å²) in [6.07, 6.45) is 1.09. The Kier molecular flexibility index (Phi) is 3.83. The minimum absolute atomic E-state index is 0.172. The van der Waals surface area contributed by atoms with Gasteiger partial charge in [-0.2, -0.15) is 0 Å². The minimum Gasteiger partial charge on any atom is -0.478 e. The molecular formula is C10H13NO2S. The van der Waals surface area contributed by atoms with Crippen LogP contribution in [0.4, 0.5) is 5.69 Å². The van der Waals surface area contributed by atoms with Crippen molar-refractivity contribution < 1.29 is 9.90 Å². The molecule has 3 nitrogen and oxygen atoms in total. The molecule has 0 aliphatic rings. The second kappa shape index (κ2) is 4.91. The first-order chi connectivity index (χ1) is 6.65. The molecule has 1 aromatic rings. The number of nitrogens with two attached hydrogens (primary N) is 1. The second-order valence-electron chi connectivity index (χ2n) is 2.90. The summed E-state index contributed by atoms with van der Waals surface area (Å²) in [6, 6.07) is 5.06. The van der Waals surface area contributed by atoms with E-state index in [9.17, 15) is 4.79 Å². The highest BCUT2D eigenvalue weighted by atomic mass is 32.2. The third kappa shape index (κ3) is 2.67. The molecule has 0 saturated carbocycles. The zero-order valence-corrected chi connectivity index (χ0v) is 8.80. The molecule has 0 aliphatic carbocycles. The Labute approximate surface area is 87.3 Å². The summed E-state index contributed by atoms with van der Waals surface area (Å²) < 4.78 is 0. The molecule has 76 valence electrons. The molecular weight excluding hydrogens is 198 g/mol. The zero-order valence-electron chi connectivity index (χ0n) is 7.99. The Hall–Kier alpha value is -1.16. The van der Waals surface area contributed by atoms with Crippen LogP contribution < -0.4 is 5.73 Å². The van der Waals surface area contributed by atoms with Gasteiger partial charge in [0.1, 0.15) is 0 Å². The van der Waals surface area contributed by atoms with Crippen molar-refractivity contribution >= 4 is 23.4 Å². The molecule has 0 aliphatic heterocycles. The van der Waals surface area contributed by atoms with Gasteiger partial charge in [-0.3, -0.25) is 0 Å². The summed E-state index contributed by atoms with van der Waals surface area (Å²) in [5.41, 5.74) is 6.10. The molecule has 3 N–H and O–H groups in total. The molecule has 1 rings (SSSR count). The molecule has 0 atom stereocenters. The molecule has 0 aromatic heterocycles. The van der Waals surface area contributed by atoms with Gasteiger partial charge >= 0.3 is 5.97 Å². The van der Waals surface area contributed by atoms with Crippen molar-refractivity contribution in [3.05, 3.63) is 23.8 Å². The van der Waals surface area contributed by atoms with Crippen LogP contribution in [0.25, 0.3) is 0 Å². The fraction of sp³-hybridized carbons (Fsp3) is 0.300. The van der Waals surface area contributed by atoms with Gasteiger partial charge in [-0.05, 0) is 30.4 Å². The van der Waals surface area contributed by atoms with Gasteiger partial charge in [-0.15, -0.1) is 11.8 Å². The van der Waals surface area contributed by atoms with Gasteiger partial charge in [0.05, 0.1) is 5.56 Å². The van der Waals surface area contributed by atoms with Gasteiger partial charge in [0, 0.05) is 10.6 Å².